The Morgan fingerprint density at radius 1 is 1.32 bits per heavy atom. The molecule has 1 N–H and O–H groups in total. The van der Waals surface area contributed by atoms with E-state index in [4.69, 9.17) is 4.42 Å². The third-order valence-electron chi connectivity index (χ3n) is 4.67. The van der Waals surface area contributed by atoms with Crippen molar-refractivity contribution in [3.63, 3.8) is 0 Å². The highest BCUT2D eigenvalue weighted by molar-refractivity contribution is 5.78. The van der Waals surface area contributed by atoms with E-state index in [1.807, 2.05) is 18.7 Å². The number of hydrogen-bond acceptors (Lipinski definition) is 4. The van der Waals surface area contributed by atoms with Gasteiger partial charge in [-0.2, -0.15) is 13.2 Å². The summed E-state index contributed by atoms with van der Waals surface area (Å²) in [5.74, 6) is 0.210. The topological polar surface area (TPSA) is 49.5 Å². The number of benzene rings is 1. The molecule has 0 spiro atoms. The maximum absolute atomic E-state index is 13.4. The number of aliphatic hydroxyl groups is 1. The third-order valence-corrected chi connectivity index (χ3v) is 4.67. The molecule has 0 aliphatic heterocycles. The number of nitrogens with zero attached hydrogens (tertiary/aromatic N) is 2. The van der Waals surface area contributed by atoms with Crippen molar-refractivity contribution in [1.29, 1.82) is 0 Å². The van der Waals surface area contributed by atoms with Crippen molar-refractivity contribution >= 4 is 11.1 Å². The zero-order valence-corrected chi connectivity index (χ0v) is 14.7. The number of fused-ring (bicyclic) bond motifs is 1. The van der Waals surface area contributed by atoms with E-state index in [0.717, 1.165) is 25.3 Å². The van der Waals surface area contributed by atoms with Gasteiger partial charge in [-0.15, -0.1) is 0 Å². The van der Waals surface area contributed by atoms with Crippen molar-refractivity contribution in [3.05, 3.63) is 29.2 Å². The van der Waals surface area contributed by atoms with E-state index >= 15 is 0 Å². The quantitative estimate of drug-likeness (QED) is 0.867. The Hall–Kier alpha value is -1.60. The van der Waals surface area contributed by atoms with Gasteiger partial charge in [0.1, 0.15) is 11.1 Å². The highest BCUT2D eigenvalue weighted by Crippen LogP contribution is 2.37. The van der Waals surface area contributed by atoms with Crippen molar-refractivity contribution in [2.24, 2.45) is 0 Å². The van der Waals surface area contributed by atoms with Crippen LogP contribution in [0.2, 0.25) is 0 Å². The Kier molecular flexibility index (Phi) is 4.58. The summed E-state index contributed by atoms with van der Waals surface area (Å²) in [7, 11) is 1.80. The van der Waals surface area contributed by atoms with Gasteiger partial charge in [0.15, 0.2) is 11.5 Å². The van der Waals surface area contributed by atoms with Crippen molar-refractivity contribution in [1.82, 2.24) is 9.88 Å². The van der Waals surface area contributed by atoms with Crippen LogP contribution in [0.3, 0.4) is 0 Å². The number of oxazole rings is 1. The Labute approximate surface area is 144 Å². The van der Waals surface area contributed by atoms with Gasteiger partial charge in [0, 0.05) is 19.0 Å². The minimum Gasteiger partial charge on any atom is -0.440 e. The van der Waals surface area contributed by atoms with E-state index < -0.39 is 17.3 Å². The van der Waals surface area contributed by atoms with Crippen LogP contribution in [0.25, 0.3) is 11.1 Å². The molecule has 0 atom stereocenters. The fraction of sp³-hybridized carbons (Fsp3) is 0.611. The van der Waals surface area contributed by atoms with Crippen LogP contribution >= 0.6 is 0 Å². The summed E-state index contributed by atoms with van der Waals surface area (Å²) in [5, 5.41) is 10.2. The predicted molar refractivity (Wildman–Crippen MR) is 88.2 cm³/mol. The van der Waals surface area contributed by atoms with Gasteiger partial charge in [0.05, 0.1) is 5.60 Å². The molecule has 1 heterocycles. The standard InChI is InChI=1S/C18H23F3N2O2/c1-11(2)16-22-14-8-12(7-13(15(14)25-16)18(19,20)21)9-23(3)10-17(24)5-4-6-17/h7-8,11,24H,4-6,9-10H2,1-3H3. The highest BCUT2D eigenvalue weighted by Gasteiger charge is 2.37. The molecule has 7 heteroatoms. The van der Waals surface area contributed by atoms with Crippen LogP contribution in [0.1, 0.15) is 56.0 Å². The first-order valence-electron chi connectivity index (χ1n) is 8.49. The lowest BCUT2D eigenvalue weighted by atomic mass is 9.80. The summed E-state index contributed by atoms with van der Waals surface area (Å²) >= 11 is 0. The summed E-state index contributed by atoms with van der Waals surface area (Å²) in [6.45, 7) is 4.41. The molecule has 1 fully saturated rings. The second-order valence-electron chi connectivity index (χ2n) is 7.45. The van der Waals surface area contributed by atoms with E-state index in [0.29, 0.717) is 24.5 Å². The molecular formula is C18H23F3N2O2. The zero-order chi connectivity index (χ0) is 18.4. The molecule has 0 unspecified atom stereocenters. The first kappa shape index (κ1) is 18.2. The van der Waals surface area contributed by atoms with E-state index in [9.17, 15) is 18.3 Å². The van der Waals surface area contributed by atoms with Crippen LogP contribution in [-0.2, 0) is 12.7 Å². The van der Waals surface area contributed by atoms with Gasteiger partial charge in [-0.25, -0.2) is 4.98 Å². The monoisotopic (exact) mass is 356 g/mol. The van der Waals surface area contributed by atoms with E-state index in [1.54, 1.807) is 13.1 Å². The van der Waals surface area contributed by atoms with Crippen LogP contribution in [0.15, 0.2) is 16.5 Å². The molecule has 1 aromatic heterocycles. The average molecular weight is 356 g/mol. The molecule has 1 aliphatic rings. The van der Waals surface area contributed by atoms with Gasteiger partial charge in [-0.05, 0) is 44.0 Å². The van der Waals surface area contributed by atoms with Gasteiger partial charge in [0.25, 0.3) is 0 Å². The number of likely N-dealkylation sites (N-methyl/N-ethyl adjacent to an activating group) is 1. The normalized spacial score (nSPS) is 17.5. The fourth-order valence-corrected chi connectivity index (χ4v) is 3.27. The minimum absolute atomic E-state index is 0.0903. The minimum atomic E-state index is -4.51. The zero-order valence-electron chi connectivity index (χ0n) is 14.7. The summed E-state index contributed by atoms with van der Waals surface area (Å²) in [5.41, 5.74) is -0.974. The van der Waals surface area contributed by atoms with E-state index in [1.165, 1.54) is 0 Å². The van der Waals surface area contributed by atoms with Crippen LogP contribution in [-0.4, -0.2) is 34.2 Å². The predicted octanol–water partition coefficient (Wildman–Crippen LogP) is 4.32. The smallest absolute Gasteiger partial charge is 0.420 e. The number of rotatable bonds is 5. The molecule has 3 rings (SSSR count). The lowest BCUT2D eigenvalue weighted by Gasteiger charge is -2.39. The summed E-state index contributed by atoms with van der Waals surface area (Å²) in [6.07, 6.45) is -2.03. The molecular weight excluding hydrogens is 333 g/mol. The Balaban J connectivity index is 1.92. The summed E-state index contributed by atoms with van der Waals surface area (Å²) < 4.78 is 45.7. The van der Waals surface area contributed by atoms with Crippen LogP contribution in [0.4, 0.5) is 13.2 Å². The van der Waals surface area contributed by atoms with Crippen molar-refractivity contribution < 1.29 is 22.7 Å². The number of aromatic nitrogens is 1. The molecule has 1 saturated carbocycles. The molecule has 0 radical (unpaired) electrons. The van der Waals surface area contributed by atoms with Gasteiger partial charge < -0.3 is 9.52 Å². The van der Waals surface area contributed by atoms with E-state index in [2.05, 4.69) is 4.98 Å². The second kappa shape index (κ2) is 6.29. The van der Waals surface area contributed by atoms with Crippen molar-refractivity contribution in [2.45, 2.75) is 57.3 Å². The molecule has 138 valence electrons. The summed E-state index contributed by atoms with van der Waals surface area (Å²) in [6, 6.07) is 2.76. The van der Waals surface area contributed by atoms with Crippen molar-refractivity contribution in [3.8, 4) is 0 Å². The first-order chi connectivity index (χ1) is 11.6. The molecule has 4 nitrogen and oxygen atoms in total. The van der Waals surface area contributed by atoms with Gasteiger partial charge in [0.2, 0.25) is 0 Å². The van der Waals surface area contributed by atoms with Crippen molar-refractivity contribution in [2.75, 3.05) is 13.6 Å². The molecule has 1 aliphatic carbocycles. The largest absolute Gasteiger partial charge is 0.440 e. The first-order valence-corrected chi connectivity index (χ1v) is 8.49. The van der Waals surface area contributed by atoms with Crippen LogP contribution in [0.5, 0.6) is 0 Å². The Morgan fingerprint density at radius 2 is 2.00 bits per heavy atom. The van der Waals surface area contributed by atoms with Gasteiger partial charge >= 0.3 is 6.18 Å². The fourth-order valence-electron chi connectivity index (χ4n) is 3.27. The number of halogens is 3. The maximum atomic E-state index is 13.4. The molecule has 0 bridgehead atoms. The van der Waals surface area contributed by atoms with Gasteiger partial charge in [-0.3, -0.25) is 4.90 Å². The molecule has 25 heavy (non-hydrogen) atoms. The third kappa shape index (κ3) is 3.82. The van der Waals surface area contributed by atoms with Gasteiger partial charge in [-0.1, -0.05) is 13.8 Å². The molecule has 2 aromatic rings. The summed E-state index contributed by atoms with van der Waals surface area (Å²) in [4.78, 5) is 6.07. The highest BCUT2D eigenvalue weighted by atomic mass is 19.4. The number of hydrogen-bond donors (Lipinski definition) is 1. The van der Waals surface area contributed by atoms with E-state index in [-0.39, 0.29) is 17.0 Å². The maximum Gasteiger partial charge on any atom is 0.420 e. The lowest BCUT2D eigenvalue weighted by Crippen LogP contribution is -2.46. The molecule has 0 amide bonds. The Bertz CT molecular complexity index is 764. The lowest BCUT2D eigenvalue weighted by molar-refractivity contribution is -0.137. The second-order valence-corrected chi connectivity index (χ2v) is 7.45. The molecule has 0 saturated heterocycles. The average Bonchev–Trinajstić information content (AvgIpc) is 2.87. The van der Waals surface area contributed by atoms with Crippen LogP contribution in [0, 0.1) is 0 Å². The SMILES string of the molecule is CC(C)c1nc2cc(CN(C)CC3(O)CCC3)cc(C(F)(F)F)c2o1. The number of alkyl halides is 3. The molecule has 1 aromatic carbocycles. The van der Waals surface area contributed by atoms with Crippen LogP contribution < -0.4 is 0 Å². The Morgan fingerprint density at radius 3 is 2.52 bits per heavy atom.